The zero-order valence-corrected chi connectivity index (χ0v) is 8.23. The van der Waals surface area contributed by atoms with Crippen molar-refractivity contribution < 1.29 is 9.53 Å². The predicted molar refractivity (Wildman–Crippen MR) is 57.5 cm³/mol. The summed E-state index contributed by atoms with van der Waals surface area (Å²) in [4.78, 5) is 15.6. The van der Waals surface area contributed by atoms with E-state index in [2.05, 4.69) is 9.72 Å². The Morgan fingerprint density at radius 3 is 2.93 bits per heavy atom. The van der Waals surface area contributed by atoms with E-state index in [1.807, 2.05) is 0 Å². The molecule has 0 amide bonds. The van der Waals surface area contributed by atoms with Crippen LogP contribution < -0.4 is 5.73 Å². The Morgan fingerprint density at radius 2 is 2.20 bits per heavy atom. The molecule has 0 saturated carbocycles. The average Bonchev–Trinajstić information content (AvgIpc) is 2.26. The van der Waals surface area contributed by atoms with Gasteiger partial charge in [-0.15, -0.1) is 0 Å². The van der Waals surface area contributed by atoms with Gasteiger partial charge in [0.25, 0.3) is 0 Å². The SMILES string of the molecule is COC(=O)c1ccnc2cc(N)ccc12. The van der Waals surface area contributed by atoms with Crippen molar-refractivity contribution in [2.24, 2.45) is 0 Å². The highest BCUT2D eigenvalue weighted by molar-refractivity contribution is 6.03. The van der Waals surface area contributed by atoms with Gasteiger partial charge in [-0.05, 0) is 24.3 Å². The first kappa shape index (κ1) is 9.45. The highest BCUT2D eigenvalue weighted by Gasteiger charge is 2.10. The van der Waals surface area contributed by atoms with Crippen molar-refractivity contribution in [3.05, 3.63) is 36.0 Å². The maximum Gasteiger partial charge on any atom is 0.338 e. The molecule has 0 unspecified atom stereocenters. The fourth-order valence-electron chi connectivity index (χ4n) is 1.45. The Kier molecular flexibility index (Phi) is 2.25. The number of benzene rings is 1. The number of hydrogen-bond acceptors (Lipinski definition) is 4. The molecule has 4 heteroatoms. The van der Waals surface area contributed by atoms with Gasteiger partial charge in [-0.2, -0.15) is 0 Å². The lowest BCUT2D eigenvalue weighted by atomic mass is 10.1. The summed E-state index contributed by atoms with van der Waals surface area (Å²) in [6.07, 6.45) is 1.56. The van der Waals surface area contributed by atoms with Crippen molar-refractivity contribution in [3.63, 3.8) is 0 Å². The molecule has 0 fully saturated rings. The van der Waals surface area contributed by atoms with Crippen molar-refractivity contribution in [1.29, 1.82) is 0 Å². The third-order valence-corrected chi connectivity index (χ3v) is 2.17. The average molecular weight is 202 g/mol. The molecule has 0 aliphatic rings. The van der Waals surface area contributed by atoms with Gasteiger partial charge in [0.05, 0.1) is 18.2 Å². The molecule has 2 aromatic rings. The normalized spacial score (nSPS) is 10.2. The van der Waals surface area contributed by atoms with Gasteiger partial charge in [0.15, 0.2) is 0 Å². The van der Waals surface area contributed by atoms with Crippen LogP contribution in [0.4, 0.5) is 5.69 Å². The van der Waals surface area contributed by atoms with Crippen LogP contribution in [-0.4, -0.2) is 18.1 Å². The highest BCUT2D eigenvalue weighted by atomic mass is 16.5. The Hall–Kier alpha value is -2.10. The highest BCUT2D eigenvalue weighted by Crippen LogP contribution is 2.19. The Balaban J connectivity index is 2.71. The van der Waals surface area contributed by atoms with Gasteiger partial charge in [-0.1, -0.05) is 0 Å². The number of fused-ring (bicyclic) bond motifs is 1. The quantitative estimate of drug-likeness (QED) is 0.563. The molecular weight excluding hydrogens is 192 g/mol. The standard InChI is InChI=1S/C11H10N2O2/c1-15-11(14)9-4-5-13-10-6-7(12)2-3-8(9)10/h2-6H,12H2,1H3. The number of esters is 1. The summed E-state index contributed by atoms with van der Waals surface area (Å²) in [6, 6.07) is 6.85. The molecule has 2 rings (SSSR count). The third-order valence-electron chi connectivity index (χ3n) is 2.17. The van der Waals surface area contributed by atoms with Crippen molar-refractivity contribution in [3.8, 4) is 0 Å². The van der Waals surface area contributed by atoms with Crippen LogP contribution in [-0.2, 0) is 4.74 Å². The van der Waals surface area contributed by atoms with E-state index in [9.17, 15) is 4.79 Å². The second-order valence-electron chi connectivity index (χ2n) is 3.13. The van der Waals surface area contributed by atoms with E-state index in [4.69, 9.17) is 5.73 Å². The predicted octanol–water partition coefficient (Wildman–Crippen LogP) is 1.60. The first-order chi connectivity index (χ1) is 7.22. The van der Waals surface area contributed by atoms with E-state index in [1.54, 1.807) is 30.5 Å². The molecule has 1 aromatic carbocycles. The number of carbonyl (C=O) groups excluding carboxylic acids is 1. The van der Waals surface area contributed by atoms with Crippen molar-refractivity contribution in [2.75, 3.05) is 12.8 Å². The fourth-order valence-corrected chi connectivity index (χ4v) is 1.45. The van der Waals surface area contributed by atoms with Gasteiger partial charge in [0.1, 0.15) is 0 Å². The number of carbonyl (C=O) groups is 1. The molecule has 0 aliphatic heterocycles. The maximum absolute atomic E-state index is 11.4. The first-order valence-electron chi connectivity index (χ1n) is 4.45. The summed E-state index contributed by atoms with van der Waals surface area (Å²) < 4.78 is 4.68. The van der Waals surface area contributed by atoms with E-state index in [1.165, 1.54) is 7.11 Å². The lowest BCUT2D eigenvalue weighted by Gasteiger charge is -2.04. The molecule has 0 atom stereocenters. The smallest absolute Gasteiger partial charge is 0.338 e. The Morgan fingerprint density at radius 1 is 1.40 bits per heavy atom. The molecule has 0 saturated heterocycles. The molecule has 0 radical (unpaired) electrons. The summed E-state index contributed by atoms with van der Waals surface area (Å²) >= 11 is 0. The number of aromatic nitrogens is 1. The van der Waals surface area contributed by atoms with Crippen LogP contribution in [0.5, 0.6) is 0 Å². The largest absolute Gasteiger partial charge is 0.465 e. The van der Waals surface area contributed by atoms with Crippen LogP contribution in [0.15, 0.2) is 30.5 Å². The van der Waals surface area contributed by atoms with E-state index in [0.29, 0.717) is 16.8 Å². The molecule has 2 N–H and O–H groups in total. The van der Waals surface area contributed by atoms with E-state index < -0.39 is 0 Å². The number of rotatable bonds is 1. The fraction of sp³-hybridized carbons (Fsp3) is 0.0909. The summed E-state index contributed by atoms with van der Waals surface area (Å²) in [5.41, 5.74) is 7.44. The number of hydrogen-bond donors (Lipinski definition) is 1. The Labute approximate surface area is 86.7 Å². The number of anilines is 1. The van der Waals surface area contributed by atoms with Gasteiger partial charge in [-0.3, -0.25) is 4.98 Å². The summed E-state index contributed by atoms with van der Waals surface area (Å²) in [5.74, 6) is -0.368. The molecular formula is C11H10N2O2. The Bertz CT molecular complexity index is 523. The number of nitrogens with two attached hydrogens (primary N) is 1. The molecule has 0 spiro atoms. The van der Waals surface area contributed by atoms with Gasteiger partial charge < -0.3 is 10.5 Å². The molecule has 1 heterocycles. The molecule has 0 aliphatic carbocycles. The van der Waals surface area contributed by atoms with Gasteiger partial charge >= 0.3 is 5.97 Å². The second kappa shape index (κ2) is 3.57. The molecule has 0 bridgehead atoms. The number of nitrogen functional groups attached to an aromatic ring is 1. The maximum atomic E-state index is 11.4. The van der Waals surface area contributed by atoms with Crippen LogP contribution >= 0.6 is 0 Å². The van der Waals surface area contributed by atoms with E-state index in [0.717, 1.165) is 5.39 Å². The number of pyridine rings is 1. The van der Waals surface area contributed by atoms with Gasteiger partial charge in [-0.25, -0.2) is 4.79 Å². The zero-order chi connectivity index (χ0) is 10.8. The second-order valence-corrected chi connectivity index (χ2v) is 3.13. The minimum atomic E-state index is -0.368. The lowest BCUT2D eigenvalue weighted by molar-refractivity contribution is 0.0603. The van der Waals surface area contributed by atoms with Crippen molar-refractivity contribution in [1.82, 2.24) is 4.98 Å². The summed E-state index contributed by atoms with van der Waals surface area (Å²) in [6.45, 7) is 0. The van der Waals surface area contributed by atoms with Crippen molar-refractivity contribution in [2.45, 2.75) is 0 Å². The van der Waals surface area contributed by atoms with Crippen LogP contribution in [0.3, 0.4) is 0 Å². The lowest BCUT2D eigenvalue weighted by Crippen LogP contribution is -2.02. The number of ether oxygens (including phenoxy) is 1. The molecule has 15 heavy (non-hydrogen) atoms. The minimum Gasteiger partial charge on any atom is -0.465 e. The van der Waals surface area contributed by atoms with E-state index in [-0.39, 0.29) is 5.97 Å². The molecule has 76 valence electrons. The van der Waals surface area contributed by atoms with Crippen LogP contribution in [0.2, 0.25) is 0 Å². The summed E-state index contributed by atoms with van der Waals surface area (Å²) in [7, 11) is 1.35. The van der Waals surface area contributed by atoms with Crippen molar-refractivity contribution >= 4 is 22.6 Å². The monoisotopic (exact) mass is 202 g/mol. The minimum absolute atomic E-state index is 0.368. The van der Waals surface area contributed by atoms with Crippen LogP contribution in [0.25, 0.3) is 10.9 Å². The van der Waals surface area contributed by atoms with Crippen LogP contribution in [0, 0.1) is 0 Å². The van der Waals surface area contributed by atoms with Crippen LogP contribution in [0.1, 0.15) is 10.4 Å². The molecule has 1 aromatic heterocycles. The number of nitrogens with zero attached hydrogens (tertiary/aromatic N) is 1. The first-order valence-corrected chi connectivity index (χ1v) is 4.45. The number of methoxy groups -OCH3 is 1. The van der Waals surface area contributed by atoms with E-state index >= 15 is 0 Å². The van der Waals surface area contributed by atoms with Gasteiger partial charge in [0.2, 0.25) is 0 Å². The molecule has 4 nitrogen and oxygen atoms in total. The topological polar surface area (TPSA) is 65.2 Å². The zero-order valence-electron chi connectivity index (χ0n) is 8.23. The third kappa shape index (κ3) is 1.61. The van der Waals surface area contributed by atoms with Gasteiger partial charge in [0, 0.05) is 17.3 Å². The summed E-state index contributed by atoms with van der Waals surface area (Å²) in [5, 5.41) is 0.749.